The van der Waals surface area contributed by atoms with E-state index in [0.717, 1.165) is 6.42 Å². The molecular weight excluding hydrogens is 375 g/mol. The summed E-state index contributed by atoms with van der Waals surface area (Å²) in [7, 11) is -4.78. The van der Waals surface area contributed by atoms with Gasteiger partial charge in [0.05, 0.1) is 30.4 Å². The number of hydrogen-bond acceptors (Lipinski definition) is 2. The highest BCUT2D eigenvalue weighted by molar-refractivity contribution is 7.85. The molecule has 0 aromatic carbocycles. The Kier molecular flexibility index (Phi) is 17.4. The molecule has 164 valence electrons. The average Bonchev–Trinajstić information content (AvgIpc) is 2.62. The Morgan fingerprint density at radius 1 is 0.556 bits per heavy atom. The lowest BCUT2D eigenvalue weighted by molar-refractivity contribution is 0.480. The maximum absolute atomic E-state index is 11.1. The third-order valence-electron chi connectivity index (χ3n) is 5.74. The zero-order valence-electron chi connectivity index (χ0n) is 18.6. The zero-order valence-corrected chi connectivity index (χ0v) is 20.3. The summed E-state index contributed by atoms with van der Waals surface area (Å²) in [5, 5.41) is 0. The molecule has 0 saturated carbocycles. The van der Waals surface area contributed by atoms with Crippen LogP contribution in [0.3, 0.4) is 0 Å². The largest absolute Gasteiger partial charge is 0.286 e. The Morgan fingerprint density at radius 3 is 1.19 bits per heavy atom. The molecule has 0 aliphatic heterocycles. The van der Waals surface area contributed by atoms with Crippen LogP contribution in [0.5, 0.6) is 0 Å². The molecule has 0 aliphatic carbocycles. The molecule has 0 fully saturated rings. The Balaban J connectivity index is 4.80. The van der Waals surface area contributed by atoms with Crippen molar-refractivity contribution < 1.29 is 13.0 Å². The lowest BCUT2D eigenvalue weighted by Gasteiger charge is -2.28. The minimum absolute atomic E-state index is 0.0610. The summed E-state index contributed by atoms with van der Waals surface area (Å²) in [6, 6.07) is 0. The highest BCUT2D eigenvalue weighted by Gasteiger charge is 2.35. The summed E-state index contributed by atoms with van der Waals surface area (Å²) in [5.41, 5.74) is 0. The zero-order chi connectivity index (χ0) is 20.4. The Bertz CT molecular complexity index is 392. The van der Waals surface area contributed by atoms with Crippen LogP contribution in [-0.2, 0) is 10.1 Å². The molecule has 0 aromatic rings. The van der Waals surface area contributed by atoms with Gasteiger partial charge in [0, 0.05) is 7.26 Å². The molecule has 0 heterocycles. The lowest BCUT2D eigenvalue weighted by Crippen LogP contribution is -2.14. The number of rotatable bonds is 20. The van der Waals surface area contributed by atoms with E-state index in [0.29, 0.717) is 6.42 Å². The molecule has 0 aromatic heterocycles. The van der Waals surface area contributed by atoms with Gasteiger partial charge >= 0.3 is 0 Å². The maximum Gasteiger partial charge on any atom is 0.264 e. The van der Waals surface area contributed by atoms with Crippen molar-refractivity contribution in [1.82, 2.24) is 0 Å². The third-order valence-corrected chi connectivity index (χ3v) is 11.6. The molecule has 0 saturated heterocycles. The molecule has 0 atom stereocenters. The SMILES string of the molecule is CCCCCC[P+](CCCCCC)(CCCCCC)CCCCS(=O)(=O)O. The number of hydrogen-bond donors (Lipinski definition) is 1. The van der Waals surface area contributed by atoms with E-state index in [4.69, 9.17) is 4.55 Å². The summed E-state index contributed by atoms with van der Waals surface area (Å²) in [6.45, 7) is 6.81. The van der Waals surface area contributed by atoms with Crippen molar-refractivity contribution in [2.75, 3.05) is 30.4 Å². The Hall–Kier alpha value is 0.340. The van der Waals surface area contributed by atoms with Gasteiger partial charge in [-0.2, -0.15) is 8.42 Å². The topological polar surface area (TPSA) is 54.4 Å². The first-order valence-electron chi connectivity index (χ1n) is 11.7. The van der Waals surface area contributed by atoms with Gasteiger partial charge in [0.2, 0.25) is 0 Å². The molecule has 27 heavy (non-hydrogen) atoms. The molecule has 3 nitrogen and oxygen atoms in total. The van der Waals surface area contributed by atoms with E-state index in [1.165, 1.54) is 102 Å². The lowest BCUT2D eigenvalue weighted by atomic mass is 10.2. The second-order valence-electron chi connectivity index (χ2n) is 8.41. The molecule has 0 bridgehead atoms. The Labute approximate surface area is 171 Å². The van der Waals surface area contributed by atoms with Crippen molar-refractivity contribution in [3.05, 3.63) is 0 Å². The van der Waals surface area contributed by atoms with Crippen LogP contribution in [0.4, 0.5) is 0 Å². The second-order valence-corrected chi connectivity index (χ2v) is 14.5. The van der Waals surface area contributed by atoms with Crippen molar-refractivity contribution in [1.29, 1.82) is 0 Å². The van der Waals surface area contributed by atoms with Gasteiger partial charge in [-0.15, -0.1) is 0 Å². The second kappa shape index (κ2) is 17.2. The summed E-state index contributed by atoms with van der Waals surface area (Å²) in [5.74, 6) is -0.0610. The van der Waals surface area contributed by atoms with E-state index in [-0.39, 0.29) is 5.75 Å². The standard InChI is InChI=1S/C22H47O3PS/c1-4-7-10-13-18-26(19-14-11-8-5-2,20-15-12-9-6-3)21-16-17-22-27(23,24)25/h4-22H2,1-3H3/p+1. The first kappa shape index (κ1) is 27.3. The van der Waals surface area contributed by atoms with Crippen LogP contribution in [0.2, 0.25) is 0 Å². The molecule has 0 spiro atoms. The van der Waals surface area contributed by atoms with Crippen LogP contribution >= 0.6 is 7.26 Å². The summed E-state index contributed by atoms with van der Waals surface area (Å²) < 4.78 is 31.1. The van der Waals surface area contributed by atoms with Gasteiger partial charge in [-0.05, 0) is 51.4 Å². The predicted octanol–water partition coefficient (Wildman–Crippen LogP) is 7.41. The van der Waals surface area contributed by atoms with E-state index < -0.39 is 17.4 Å². The van der Waals surface area contributed by atoms with Crippen molar-refractivity contribution in [3.63, 3.8) is 0 Å². The van der Waals surface area contributed by atoms with Crippen LogP contribution in [0.25, 0.3) is 0 Å². The van der Waals surface area contributed by atoms with Crippen LogP contribution in [0.1, 0.15) is 111 Å². The smallest absolute Gasteiger partial charge is 0.264 e. The quantitative estimate of drug-likeness (QED) is 0.126. The third kappa shape index (κ3) is 17.0. The Morgan fingerprint density at radius 2 is 0.889 bits per heavy atom. The molecule has 0 aliphatic rings. The first-order chi connectivity index (χ1) is 12.9. The van der Waals surface area contributed by atoms with Gasteiger partial charge in [0.25, 0.3) is 10.1 Å². The fourth-order valence-electron chi connectivity index (χ4n) is 4.02. The van der Waals surface area contributed by atoms with Crippen molar-refractivity contribution in [3.8, 4) is 0 Å². The molecule has 0 unspecified atom stereocenters. The van der Waals surface area contributed by atoms with Crippen molar-refractivity contribution >= 4 is 17.4 Å². The van der Waals surface area contributed by atoms with Crippen molar-refractivity contribution in [2.24, 2.45) is 0 Å². The van der Waals surface area contributed by atoms with Gasteiger partial charge in [-0.1, -0.05) is 59.3 Å². The highest BCUT2D eigenvalue weighted by atomic mass is 32.2. The fraction of sp³-hybridized carbons (Fsp3) is 1.00. The van der Waals surface area contributed by atoms with Crippen LogP contribution in [0.15, 0.2) is 0 Å². The summed E-state index contributed by atoms with van der Waals surface area (Å²) in [4.78, 5) is 0. The van der Waals surface area contributed by atoms with E-state index in [1.807, 2.05) is 0 Å². The van der Waals surface area contributed by atoms with E-state index in [9.17, 15) is 8.42 Å². The minimum Gasteiger partial charge on any atom is -0.286 e. The van der Waals surface area contributed by atoms with Gasteiger partial charge < -0.3 is 0 Å². The molecule has 5 heteroatoms. The first-order valence-corrected chi connectivity index (χ1v) is 15.8. The fourth-order valence-corrected chi connectivity index (χ4v) is 9.51. The molecule has 0 rings (SSSR count). The molecular formula is C22H48O3PS+. The maximum atomic E-state index is 11.1. The average molecular weight is 424 g/mol. The monoisotopic (exact) mass is 423 g/mol. The van der Waals surface area contributed by atoms with Crippen LogP contribution in [-0.4, -0.2) is 43.4 Å². The van der Waals surface area contributed by atoms with Crippen molar-refractivity contribution in [2.45, 2.75) is 111 Å². The predicted molar refractivity (Wildman–Crippen MR) is 124 cm³/mol. The van der Waals surface area contributed by atoms with Gasteiger partial charge in [0.15, 0.2) is 0 Å². The number of unbranched alkanes of at least 4 members (excludes halogenated alkanes) is 10. The molecule has 0 amide bonds. The van der Waals surface area contributed by atoms with Gasteiger partial charge in [-0.25, -0.2) is 0 Å². The van der Waals surface area contributed by atoms with Gasteiger partial charge in [0.1, 0.15) is 0 Å². The summed E-state index contributed by atoms with van der Waals surface area (Å²) >= 11 is 0. The minimum atomic E-state index is -3.80. The van der Waals surface area contributed by atoms with E-state index >= 15 is 0 Å². The molecule has 0 radical (unpaired) electrons. The van der Waals surface area contributed by atoms with E-state index in [1.54, 1.807) is 0 Å². The normalized spacial score (nSPS) is 12.6. The van der Waals surface area contributed by atoms with Crippen LogP contribution < -0.4 is 0 Å². The van der Waals surface area contributed by atoms with Crippen LogP contribution in [0, 0.1) is 0 Å². The summed E-state index contributed by atoms with van der Waals surface area (Å²) in [6.07, 6.45) is 23.1. The highest BCUT2D eigenvalue weighted by Crippen LogP contribution is 2.61. The van der Waals surface area contributed by atoms with Gasteiger partial charge in [-0.3, -0.25) is 4.55 Å². The molecule has 1 N–H and O–H groups in total. The van der Waals surface area contributed by atoms with E-state index in [2.05, 4.69) is 20.8 Å².